The Hall–Kier alpha value is -2.18. The molecule has 0 bridgehead atoms. The molecule has 2 aromatic rings. The predicted octanol–water partition coefficient (Wildman–Crippen LogP) is 2.47. The number of aryl methyl sites for hydroxylation is 2. The quantitative estimate of drug-likeness (QED) is 0.853. The van der Waals surface area contributed by atoms with Crippen LogP contribution in [-0.4, -0.2) is 20.9 Å². The zero-order valence-corrected chi connectivity index (χ0v) is 14.0. The summed E-state index contributed by atoms with van der Waals surface area (Å²) in [7, 11) is -3.69. The van der Waals surface area contributed by atoms with E-state index >= 15 is 0 Å². The molecule has 23 heavy (non-hydrogen) atoms. The molecule has 0 aliphatic carbocycles. The van der Waals surface area contributed by atoms with E-state index in [-0.39, 0.29) is 11.4 Å². The second-order valence-electron chi connectivity index (χ2n) is 5.19. The minimum atomic E-state index is -3.69. The van der Waals surface area contributed by atoms with Crippen LogP contribution in [0.2, 0.25) is 0 Å². The standard InChI is InChI=1S/C17H20N2O3S/c1-3-14-8-10-15(11-9-14)23(21,22)18-12-17(20)19-16-7-5-4-6-13(16)2/h4-11,18H,3,12H2,1-2H3,(H,19,20). The van der Waals surface area contributed by atoms with Gasteiger partial charge in [0.05, 0.1) is 11.4 Å². The molecule has 0 aliphatic heterocycles. The lowest BCUT2D eigenvalue weighted by atomic mass is 10.2. The van der Waals surface area contributed by atoms with Crippen molar-refractivity contribution in [3.05, 3.63) is 59.7 Å². The number of amides is 1. The summed E-state index contributed by atoms with van der Waals surface area (Å²) >= 11 is 0. The minimum absolute atomic E-state index is 0.151. The SMILES string of the molecule is CCc1ccc(S(=O)(=O)NCC(=O)Nc2ccccc2C)cc1. The fraction of sp³-hybridized carbons (Fsp3) is 0.235. The van der Waals surface area contributed by atoms with Gasteiger partial charge in [0.2, 0.25) is 15.9 Å². The van der Waals surface area contributed by atoms with E-state index in [0.29, 0.717) is 5.69 Å². The molecule has 0 fully saturated rings. The second kappa shape index (κ2) is 7.39. The normalized spacial score (nSPS) is 11.2. The Morgan fingerprint density at radius 3 is 2.30 bits per heavy atom. The summed E-state index contributed by atoms with van der Waals surface area (Å²) in [4.78, 5) is 12.1. The molecule has 0 radical (unpaired) electrons. The van der Waals surface area contributed by atoms with Gasteiger partial charge in [0, 0.05) is 5.69 Å². The molecule has 2 N–H and O–H groups in total. The van der Waals surface area contributed by atoms with E-state index in [4.69, 9.17) is 0 Å². The summed E-state index contributed by atoms with van der Waals surface area (Å²) in [5, 5.41) is 2.69. The summed E-state index contributed by atoms with van der Waals surface area (Å²) in [5.74, 6) is -0.409. The van der Waals surface area contributed by atoms with Gasteiger partial charge in [-0.1, -0.05) is 37.3 Å². The van der Waals surface area contributed by atoms with Gasteiger partial charge in [-0.05, 0) is 42.7 Å². The van der Waals surface area contributed by atoms with E-state index in [9.17, 15) is 13.2 Å². The van der Waals surface area contributed by atoms with Crippen molar-refractivity contribution in [2.45, 2.75) is 25.2 Å². The van der Waals surface area contributed by atoms with Crippen LogP contribution in [0.15, 0.2) is 53.4 Å². The first kappa shape index (κ1) is 17.2. The monoisotopic (exact) mass is 332 g/mol. The number of para-hydroxylation sites is 1. The first-order chi connectivity index (χ1) is 10.9. The zero-order chi connectivity index (χ0) is 16.9. The van der Waals surface area contributed by atoms with Crippen LogP contribution < -0.4 is 10.0 Å². The number of hydrogen-bond acceptors (Lipinski definition) is 3. The van der Waals surface area contributed by atoms with Gasteiger partial charge in [-0.3, -0.25) is 4.79 Å². The molecule has 0 atom stereocenters. The lowest BCUT2D eigenvalue weighted by molar-refractivity contribution is -0.115. The van der Waals surface area contributed by atoms with E-state index in [1.165, 1.54) is 0 Å². The molecule has 1 amide bonds. The van der Waals surface area contributed by atoms with Gasteiger partial charge < -0.3 is 5.32 Å². The summed E-state index contributed by atoms with van der Waals surface area (Å²) in [6.45, 7) is 3.55. The molecular weight excluding hydrogens is 312 g/mol. The summed E-state index contributed by atoms with van der Waals surface area (Å²) in [6.07, 6.45) is 0.840. The molecule has 6 heteroatoms. The number of hydrogen-bond donors (Lipinski definition) is 2. The number of anilines is 1. The largest absolute Gasteiger partial charge is 0.325 e. The first-order valence-electron chi connectivity index (χ1n) is 7.36. The zero-order valence-electron chi connectivity index (χ0n) is 13.2. The molecule has 2 aromatic carbocycles. The van der Waals surface area contributed by atoms with Crippen molar-refractivity contribution in [1.29, 1.82) is 0 Å². The lowest BCUT2D eigenvalue weighted by Crippen LogP contribution is -2.33. The van der Waals surface area contributed by atoms with Gasteiger partial charge in [0.25, 0.3) is 0 Å². The molecular formula is C17H20N2O3S. The maximum absolute atomic E-state index is 12.2. The smallest absolute Gasteiger partial charge is 0.241 e. The highest BCUT2D eigenvalue weighted by molar-refractivity contribution is 7.89. The van der Waals surface area contributed by atoms with Crippen LogP contribution in [0.1, 0.15) is 18.1 Å². The van der Waals surface area contributed by atoms with Crippen LogP contribution >= 0.6 is 0 Å². The number of rotatable bonds is 6. The molecule has 0 saturated heterocycles. The van der Waals surface area contributed by atoms with Gasteiger partial charge in [0.15, 0.2) is 0 Å². The molecule has 0 heterocycles. The van der Waals surface area contributed by atoms with Gasteiger partial charge in [-0.2, -0.15) is 0 Å². The summed E-state index contributed by atoms with van der Waals surface area (Å²) < 4.78 is 26.6. The van der Waals surface area contributed by atoms with Crippen molar-refractivity contribution < 1.29 is 13.2 Å². The molecule has 122 valence electrons. The Morgan fingerprint density at radius 1 is 1.04 bits per heavy atom. The van der Waals surface area contributed by atoms with Gasteiger partial charge in [-0.15, -0.1) is 0 Å². The Bertz CT molecular complexity index is 784. The Morgan fingerprint density at radius 2 is 1.70 bits per heavy atom. The third-order valence-electron chi connectivity index (χ3n) is 3.48. The van der Waals surface area contributed by atoms with Crippen molar-refractivity contribution in [3.63, 3.8) is 0 Å². The fourth-order valence-electron chi connectivity index (χ4n) is 2.06. The van der Waals surface area contributed by atoms with E-state index in [1.54, 1.807) is 30.3 Å². The predicted molar refractivity (Wildman–Crippen MR) is 90.8 cm³/mol. The Balaban J connectivity index is 1.98. The number of carbonyl (C=O) groups is 1. The average Bonchev–Trinajstić information content (AvgIpc) is 2.55. The molecule has 0 aliphatic rings. The van der Waals surface area contributed by atoms with E-state index < -0.39 is 15.9 Å². The minimum Gasteiger partial charge on any atom is -0.325 e. The van der Waals surface area contributed by atoms with Crippen molar-refractivity contribution in [1.82, 2.24) is 4.72 Å². The maximum atomic E-state index is 12.2. The van der Waals surface area contributed by atoms with Crippen LogP contribution in [-0.2, 0) is 21.2 Å². The Kier molecular flexibility index (Phi) is 5.52. The van der Waals surface area contributed by atoms with Crippen LogP contribution in [0.25, 0.3) is 0 Å². The Labute approximate surface area is 136 Å². The van der Waals surface area contributed by atoms with Gasteiger partial charge in [-0.25, -0.2) is 13.1 Å². The lowest BCUT2D eigenvalue weighted by Gasteiger charge is -2.10. The van der Waals surface area contributed by atoms with E-state index in [0.717, 1.165) is 17.5 Å². The number of carbonyl (C=O) groups excluding carboxylic acids is 1. The van der Waals surface area contributed by atoms with Crippen LogP contribution in [0.4, 0.5) is 5.69 Å². The molecule has 0 spiro atoms. The molecule has 0 unspecified atom stereocenters. The fourth-order valence-corrected chi connectivity index (χ4v) is 3.04. The molecule has 2 rings (SSSR count). The third-order valence-corrected chi connectivity index (χ3v) is 4.90. The van der Waals surface area contributed by atoms with Crippen molar-refractivity contribution in [2.24, 2.45) is 0 Å². The van der Waals surface area contributed by atoms with Crippen LogP contribution in [0.3, 0.4) is 0 Å². The number of benzene rings is 2. The van der Waals surface area contributed by atoms with Crippen molar-refractivity contribution >= 4 is 21.6 Å². The maximum Gasteiger partial charge on any atom is 0.241 e. The van der Waals surface area contributed by atoms with Crippen LogP contribution in [0.5, 0.6) is 0 Å². The molecule has 0 aromatic heterocycles. The van der Waals surface area contributed by atoms with E-state index in [1.807, 2.05) is 32.0 Å². The average molecular weight is 332 g/mol. The highest BCUT2D eigenvalue weighted by Crippen LogP contribution is 2.13. The molecule has 0 saturated carbocycles. The second-order valence-corrected chi connectivity index (χ2v) is 6.95. The van der Waals surface area contributed by atoms with Gasteiger partial charge in [0.1, 0.15) is 0 Å². The number of sulfonamides is 1. The number of nitrogens with one attached hydrogen (secondary N) is 2. The van der Waals surface area contributed by atoms with E-state index in [2.05, 4.69) is 10.0 Å². The molecule has 5 nitrogen and oxygen atoms in total. The van der Waals surface area contributed by atoms with Crippen LogP contribution in [0, 0.1) is 6.92 Å². The summed E-state index contributed by atoms with van der Waals surface area (Å²) in [6, 6.07) is 13.9. The van der Waals surface area contributed by atoms with Crippen molar-refractivity contribution in [3.8, 4) is 0 Å². The first-order valence-corrected chi connectivity index (χ1v) is 8.85. The van der Waals surface area contributed by atoms with Gasteiger partial charge >= 0.3 is 0 Å². The van der Waals surface area contributed by atoms with Crippen molar-refractivity contribution in [2.75, 3.05) is 11.9 Å². The highest BCUT2D eigenvalue weighted by Gasteiger charge is 2.15. The summed E-state index contributed by atoms with van der Waals surface area (Å²) in [5.41, 5.74) is 2.64. The topological polar surface area (TPSA) is 75.3 Å². The third kappa shape index (κ3) is 4.64. The highest BCUT2D eigenvalue weighted by atomic mass is 32.2.